The first-order chi connectivity index (χ1) is 12.3. The average Bonchev–Trinajstić information content (AvgIpc) is 2.93. The third kappa shape index (κ3) is 5.32. The Hall–Kier alpha value is -1.86. The van der Waals surface area contributed by atoms with Gasteiger partial charge in [0.2, 0.25) is 11.8 Å². The summed E-state index contributed by atoms with van der Waals surface area (Å²) in [5.74, 6) is -0.0526. The minimum Gasteiger partial charge on any atom is -0.369 e. The van der Waals surface area contributed by atoms with Crippen LogP contribution in [0.5, 0.6) is 0 Å². The van der Waals surface area contributed by atoms with Gasteiger partial charge < -0.3 is 11.1 Å². The monoisotopic (exact) mass is 391 g/mol. The summed E-state index contributed by atoms with van der Waals surface area (Å²) in [5.41, 5.74) is 8.07. The molecular formula is C19H25N3O2S2. The quantitative estimate of drug-likeness (QED) is 0.663. The molecule has 1 heterocycles. The molecule has 2 amide bonds. The number of hydrogen-bond donors (Lipinski definition) is 2. The number of nitrogens with zero attached hydrogens (tertiary/aromatic N) is 1. The number of primary amides is 1. The van der Waals surface area contributed by atoms with Crippen molar-refractivity contribution in [1.29, 1.82) is 0 Å². The van der Waals surface area contributed by atoms with Gasteiger partial charge in [-0.1, -0.05) is 43.8 Å². The first-order valence-electron chi connectivity index (χ1n) is 8.62. The molecule has 2 unspecified atom stereocenters. The van der Waals surface area contributed by atoms with E-state index in [1.807, 2.05) is 32.0 Å². The van der Waals surface area contributed by atoms with Gasteiger partial charge in [0, 0.05) is 10.6 Å². The molecule has 5 nitrogen and oxygen atoms in total. The number of benzene rings is 1. The highest BCUT2D eigenvalue weighted by Gasteiger charge is 2.20. The van der Waals surface area contributed by atoms with Gasteiger partial charge in [0.1, 0.15) is 0 Å². The number of thiazole rings is 1. The van der Waals surface area contributed by atoms with Crippen molar-refractivity contribution in [1.82, 2.24) is 4.98 Å². The predicted molar refractivity (Wildman–Crippen MR) is 109 cm³/mol. The summed E-state index contributed by atoms with van der Waals surface area (Å²) in [6, 6.07) is 7.92. The topological polar surface area (TPSA) is 85.1 Å². The van der Waals surface area contributed by atoms with Crippen molar-refractivity contribution in [2.75, 3.05) is 5.32 Å². The summed E-state index contributed by atoms with van der Waals surface area (Å²) in [4.78, 5) is 29.0. The van der Waals surface area contributed by atoms with Crippen LogP contribution in [-0.4, -0.2) is 22.0 Å². The largest absolute Gasteiger partial charge is 0.369 e. The van der Waals surface area contributed by atoms with Crippen molar-refractivity contribution in [3.8, 4) is 0 Å². The molecule has 7 heteroatoms. The minimum absolute atomic E-state index is 0.0601. The molecule has 2 atom stereocenters. The summed E-state index contributed by atoms with van der Waals surface area (Å²) >= 11 is 2.82. The van der Waals surface area contributed by atoms with Crippen molar-refractivity contribution in [2.45, 2.75) is 56.0 Å². The van der Waals surface area contributed by atoms with Gasteiger partial charge in [-0.25, -0.2) is 4.98 Å². The third-order valence-corrected chi connectivity index (χ3v) is 6.57. The normalized spacial score (nSPS) is 13.2. The van der Waals surface area contributed by atoms with Crippen LogP contribution in [-0.2, 0) is 16.0 Å². The fourth-order valence-electron chi connectivity index (χ4n) is 2.47. The van der Waals surface area contributed by atoms with Crippen LogP contribution >= 0.6 is 23.1 Å². The Morgan fingerprint density at radius 1 is 1.31 bits per heavy atom. The van der Waals surface area contributed by atoms with E-state index in [-0.39, 0.29) is 23.5 Å². The second-order valence-corrected chi connectivity index (χ2v) is 8.95. The van der Waals surface area contributed by atoms with E-state index in [0.29, 0.717) is 5.92 Å². The maximum atomic E-state index is 12.6. The highest BCUT2D eigenvalue weighted by Crippen LogP contribution is 2.32. The summed E-state index contributed by atoms with van der Waals surface area (Å²) in [6.45, 7) is 8.00. The molecule has 0 aliphatic rings. The van der Waals surface area contributed by atoms with Crippen LogP contribution in [0.25, 0.3) is 0 Å². The smallest absolute Gasteiger partial charge is 0.237 e. The molecule has 2 aromatic rings. The van der Waals surface area contributed by atoms with Gasteiger partial charge in [-0.05, 0) is 37.8 Å². The highest BCUT2D eigenvalue weighted by molar-refractivity contribution is 8.02. The lowest BCUT2D eigenvalue weighted by molar-refractivity contribution is -0.117. The molecule has 26 heavy (non-hydrogen) atoms. The van der Waals surface area contributed by atoms with Gasteiger partial charge >= 0.3 is 0 Å². The van der Waals surface area contributed by atoms with E-state index in [0.717, 1.165) is 32.6 Å². The minimum atomic E-state index is -0.374. The number of amides is 2. The Balaban J connectivity index is 2.06. The van der Waals surface area contributed by atoms with Crippen molar-refractivity contribution in [3.63, 3.8) is 0 Å². The fraction of sp³-hybridized carbons (Fsp3) is 0.421. The van der Waals surface area contributed by atoms with Crippen molar-refractivity contribution < 1.29 is 9.59 Å². The molecule has 140 valence electrons. The summed E-state index contributed by atoms with van der Waals surface area (Å²) in [5, 5.41) is 2.74. The molecule has 0 saturated carbocycles. The van der Waals surface area contributed by atoms with Crippen LogP contribution in [0, 0.1) is 6.92 Å². The van der Waals surface area contributed by atoms with E-state index in [1.54, 1.807) is 0 Å². The van der Waals surface area contributed by atoms with Crippen LogP contribution in [0.1, 0.15) is 49.2 Å². The standard InChI is InChI=1S/C19H25N3O2S2/c1-5-11(2)14-8-6-7-9-15(14)22-18(24)13(4)25-19-21-12(3)16(26-19)10-17(20)23/h6-9,11,13H,5,10H2,1-4H3,(H2,20,23)(H,22,24). The Kier molecular flexibility index (Phi) is 7.23. The van der Waals surface area contributed by atoms with Crippen molar-refractivity contribution in [2.24, 2.45) is 5.73 Å². The number of hydrogen-bond acceptors (Lipinski definition) is 5. The van der Waals surface area contributed by atoms with Crippen LogP contribution in [0.15, 0.2) is 28.6 Å². The number of para-hydroxylation sites is 1. The number of aromatic nitrogens is 1. The Morgan fingerprint density at radius 2 is 2.00 bits per heavy atom. The van der Waals surface area contributed by atoms with E-state index in [9.17, 15) is 9.59 Å². The predicted octanol–water partition coefficient (Wildman–Crippen LogP) is 4.11. The Labute approximate surface area is 162 Å². The molecule has 1 aromatic heterocycles. The Bertz CT molecular complexity index is 789. The van der Waals surface area contributed by atoms with E-state index in [4.69, 9.17) is 5.73 Å². The second-order valence-electron chi connectivity index (χ2n) is 6.28. The van der Waals surface area contributed by atoms with Crippen molar-refractivity contribution >= 4 is 40.6 Å². The zero-order valence-electron chi connectivity index (χ0n) is 15.5. The second kappa shape index (κ2) is 9.19. The lowest BCUT2D eigenvalue weighted by Crippen LogP contribution is -2.23. The number of anilines is 1. The van der Waals surface area contributed by atoms with Crippen LogP contribution in [0.3, 0.4) is 0 Å². The summed E-state index contributed by atoms with van der Waals surface area (Å²) < 4.78 is 0.775. The molecule has 0 bridgehead atoms. The zero-order valence-corrected chi connectivity index (χ0v) is 17.2. The molecule has 0 fully saturated rings. The van der Waals surface area contributed by atoms with Gasteiger partial charge in [0.25, 0.3) is 0 Å². The molecule has 0 aliphatic carbocycles. The van der Waals surface area contributed by atoms with Gasteiger partial charge in [-0.2, -0.15) is 0 Å². The van der Waals surface area contributed by atoms with Gasteiger partial charge in [-0.3, -0.25) is 9.59 Å². The van der Waals surface area contributed by atoms with E-state index in [1.165, 1.54) is 23.1 Å². The third-order valence-electron chi connectivity index (χ3n) is 4.22. The number of carbonyl (C=O) groups excluding carboxylic acids is 2. The van der Waals surface area contributed by atoms with E-state index in [2.05, 4.69) is 30.2 Å². The SMILES string of the molecule is CCC(C)c1ccccc1NC(=O)C(C)Sc1nc(C)c(CC(N)=O)s1. The fourth-order valence-corrected chi connectivity index (χ4v) is 4.86. The number of aryl methyl sites for hydroxylation is 1. The first-order valence-corrected chi connectivity index (χ1v) is 10.3. The zero-order chi connectivity index (χ0) is 19.3. The Morgan fingerprint density at radius 3 is 2.65 bits per heavy atom. The number of carbonyl (C=O) groups is 2. The first kappa shape index (κ1) is 20.5. The van der Waals surface area contributed by atoms with Crippen molar-refractivity contribution in [3.05, 3.63) is 40.4 Å². The van der Waals surface area contributed by atoms with Crippen LogP contribution in [0.2, 0.25) is 0 Å². The van der Waals surface area contributed by atoms with Gasteiger partial charge in [0.15, 0.2) is 4.34 Å². The molecule has 0 radical (unpaired) electrons. The lowest BCUT2D eigenvalue weighted by Gasteiger charge is -2.17. The average molecular weight is 392 g/mol. The molecule has 0 spiro atoms. The van der Waals surface area contributed by atoms with Gasteiger partial charge in [0.05, 0.1) is 17.4 Å². The lowest BCUT2D eigenvalue weighted by atomic mass is 9.97. The molecule has 3 N–H and O–H groups in total. The molecule has 0 aliphatic heterocycles. The summed E-state index contributed by atoms with van der Waals surface area (Å²) in [7, 11) is 0. The number of thioether (sulfide) groups is 1. The van der Waals surface area contributed by atoms with E-state index >= 15 is 0 Å². The van der Waals surface area contributed by atoms with Crippen LogP contribution < -0.4 is 11.1 Å². The molecular weight excluding hydrogens is 366 g/mol. The highest BCUT2D eigenvalue weighted by atomic mass is 32.2. The molecule has 0 saturated heterocycles. The van der Waals surface area contributed by atoms with Crippen LogP contribution in [0.4, 0.5) is 5.69 Å². The number of rotatable bonds is 8. The summed E-state index contributed by atoms with van der Waals surface area (Å²) in [6.07, 6.45) is 1.20. The van der Waals surface area contributed by atoms with E-state index < -0.39 is 0 Å². The molecule has 2 rings (SSSR count). The maximum absolute atomic E-state index is 12.6. The maximum Gasteiger partial charge on any atom is 0.237 e. The number of nitrogens with two attached hydrogens (primary N) is 1. The van der Waals surface area contributed by atoms with Gasteiger partial charge in [-0.15, -0.1) is 11.3 Å². The molecule has 1 aromatic carbocycles. The number of nitrogens with one attached hydrogen (secondary N) is 1.